The van der Waals surface area contributed by atoms with E-state index in [1.807, 2.05) is 30.3 Å². The van der Waals surface area contributed by atoms with Gasteiger partial charge in [-0.25, -0.2) is 0 Å². The molecule has 0 radical (unpaired) electrons. The summed E-state index contributed by atoms with van der Waals surface area (Å²) in [4.78, 5) is 25.3. The Morgan fingerprint density at radius 3 is 2.29 bits per heavy atom. The van der Waals surface area contributed by atoms with E-state index in [0.29, 0.717) is 5.75 Å². The Balaban J connectivity index is 1.85. The second-order valence-corrected chi connectivity index (χ2v) is 7.83. The number of carbonyl (C=O) groups is 2. The van der Waals surface area contributed by atoms with Crippen LogP contribution in [0.15, 0.2) is 48.5 Å². The molecule has 0 fully saturated rings. The third-order valence-corrected chi connectivity index (χ3v) is 4.18. The minimum atomic E-state index is -0.141. The van der Waals surface area contributed by atoms with Gasteiger partial charge < -0.3 is 20.3 Å². The lowest BCUT2D eigenvalue weighted by atomic mass is 9.87. The highest BCUT2D eigenvalue weighted by Gasteiger charge is 2.13. The van der Waals surface area contributed by atoms with Crippen molar-refractivity contribution >= 4 is 23.2 Å². The highest BCUT2D eigenvalue weighted by atomic mass is 16.5. The molecule has 150 valence electrons. The smallest absolute Gasteiger partial charge is 0.259 e. The summed E-state index contributed by atoms with van der Waals surface area (Å²) in [6.07, 6.45) is 0. The topological polar surface area (TPSA) is 70.7 Å². The Morgan fingerprint density at radius 2 is 1.68 bits per heavy atom. The highest BCUT2D eigenvalue weighted by molar-refractivity contribution is 5.93. The molecule has 2 amide bonds. The molecule has 0 aliphatic carbocycles. The number of hydrogen-bond donors (Lipinski definition) is 2. The normalized spacial score (nSPS) is 10.9. The first-order valence-electron chi connectivity index (χ1n) is 9.22. The summed E-state index contributed by atoms with van der Waals surface area (Å²) < 4.78 is 5.48. The third kappa shape index (κ3) is 6.61. The molecule has 0 saturated heterocycles. The first kappa shape index (κ1) is 21.3. The van der Waals surface area contributed by atoms with Crippen LogP contribution in [0.2, 0.25) is 0 Å². The fraction of sp³-hybridized carbons (Fsp3) is 0.364. The van der Waals surface area contributed by atoms with E-state index in [9.17, 15) is 9.59 Å². The van der Waals surface area contributed by atoms with Crippen molar-refractivity contribution in [3.05, 3.63) is 54.1 Å². The number of nitrogens with zero attached hydrogens (tertiary/aromatic N) is 1. The lowest BCUT2D eigenvalue weighted by molar-refractivity contribution is -0.130. The summed E-state index contributed by atoms with van der Waals surface area (Å²) in [5, 5.41) is 5.94. The van der Waals surface area contributed by atoms with Gasteiger partial charge in [-0.2, -0.15) is 0 Å². The molecule has 2 aromatic carbocycles. The van der Waals surface area contributed by atoms with Crippen LogP contribution in [0.1, 0.15) is 26.3 Å². The predicted octanol–water partition coefficient (Wildman–Crippen LogP) is 3.50. The molecule has 0 aliphatic heterocycles. The van der Waals surface area contributed by atoms with Crippen LogP contribution >= 0.6 is 0 Å². The van der Waals surface area contributed by atoms with Crippen LogP contribution in [0, 0.1) is 0 Å². The number of hydrogen-bond acceptors (Lipinski definition) is 4. The molecule has 6 nitrogen and oxygen atoms in total. The van der Waals surface area contributed by atoms with Crippen molar-refractivity contribution in [1.29, 1.82) is 0 Å². The molecule has 0 atom stereocenters. The molecular formula is C22H29N3O3. The van der Waals surface area contributed by atoms with E-state index in [0.717, 1.165) is 11.4 Å². The first-order chi connectivity index (χ1) is 13.1. The Hall–Kier alpha value is -3.02. The molecule has 0 unspecified atom stereocenters. The molecule has 0 aromatic heterocycles. The first-order valence-corrected chi connectivity index (χ1v) is 9.22. The maximum Gasteiger partial charge on any atom is 0.259 e. The van der Waals surface area contributed by atoms with E-state index in [2.05, 4.69) is 31.4 Å². The molecule has 2 aromatic rings. The van der Waals surface area contributed by atoms with Gasteiger partial charge in [-0.05, 0) is 35.2 Å². The SMILES string of the molecule is CN(C)C(=O)COc1cccc(NCC(=O)Nc2ccc(C(C)(C)C)cc2)c1. The number of anilines is 2. The molecule has 0 spiro atoms. The zero-order valence-electron chi connectivity index (χ0n) is 17.2. The standard InChI is InChI=1S/C22H29N3O3/c1-22(2,3)16-9-11-17(12-10-16)24-20(26)14-23-18-7-6-8-19(13-18)28-15-21(27)25(4)5/h6-13,23H,14-15H2,1-5H3,(H,24,26). The molecule has 2 N–H and O–H groups in total. The molecular weight excluding hydrogens is 354 g/mol. The van der Waals surface area contributed by atoms with Crippen LogP contribution in [0.25, 0.3) is 0 Å². The van der Waals surface area contributed by atoms with Crippen molar-refractivity contribution in [2.75, 3.05) is 37.9 Å². The molecule has 0 aliphatic rings. The minimum Gasteiger partial charge on any atom is -0.484 e. The second kappa shape index (κ2) is 9.26. The average molecular weight is 383 g/mol. The summed E-state index contributed by atoms with van der Waals surface area (Å²) in [5.74, 6) is 0.311. The van der Waals surface area contributed by atoms with Gasteiger partial charge in [0.05, 0.1) is 6.54 Å². The number of nitrogens with one attached hydrogen (secondary N) is 2. The van der Waals surface area contributed by atoms with Crippen molar-refractivity contribution in [3.8, 4) is 5.75 Å². The molecule has 2 rings (SSSR count). The maximum absolute atomic E-state index is 12.2. The minimum absolute atomic E-state index is 0.0263. The lowest BCUT2D eigenvalue weighted by Gasteiger charge is -2.19. The number of benzene rings is 2. The summed E-state index contributed by atoms with van der Waals surface area (Å²) in [6, 6.07) is 15.0. The van der Waals surface area contributed by atoms with Crippen molar-refractivity contribution in [2.24, 2.45) is 0 Å². The van der Waals surface area contributed by atoms with Gasteiger partial charge in [0.1, 0.15) is 5.75 Å². The number of ether oxygens (including phenoxy) is 1. The van der Waals surface area contributed by atoms with Crippen molar-refractivity contribution in [3.63, 3.8) is 0 Å². The Morgan fingerprint density at radius 1 is 1.00 bits per heavy atom. The quantitative estimate of drug-likeness (QED) is 0.768. The largest absolute Gasteiger partial charge is 0.484 e. The van der Waals surface area contributed by atoms with Gasteiger partial charge in [-0.1, -0.05) is 39.0 Å². The predicted molar refractivity (Wildman–Crippen MR) is 113 cm³/mol. The van der Waals surface area contributed by atoms with Gasteiger partial charge in [-0.15, -0.1) is 0 Å². The van der Waals surface area contributed by atoms with E-state index in [1.54, 1.807) is 32.3 Å². The van der Waals surface area contributed by atoms with Gasteiger partial charge >= 0.3 is 0 Å². The molecule has 0 bridgehead atoms. The van der Waals surface area contributed by atoms with Crippen molar-refractivity contribution < 1.29 is 14.3 Å². The Kier molecular flexibility index (Phi) is 7.04. The van der Waals surface area contributed by atoms with Gasteiger partial charge in [0.2, 0.25) is 5.91 Å². The van der Waals surface area contributed by atoms with Crippen molar-refractivity contribution in [1.82, 2.24) is 4.90 Å². The molecule has 28 heavy (non-hydrogen) atoms. The summed E-state index contributed by atoms with van der Waals surface area (Å²) in [7, 11) is 3.36. The summed E-state index contributed by atoms with van der Waals surface area (Å²) in [6.45, 7) is 6.55. The van der Waals surface area contributed by atoms with E-state index in [1.165, 1.54) is 10.5 Å². The van der Waals surface area contributed by atoms with Crippen LogP contribution in [0.4, 0.5) is 11.4 Å². The van der Waals surface area contributed by atoms with E-state index < -0.39 is 0 Å². The molecule has 0 heterocycles. The van der Waals surface area contributed by atoms with Crippen LogP contribution < -0.4 is 15.4 Å². The van der Waals surface area contributed by atoms with Crippen LogP contribution in [-0.2, 0) is 15.0 Å². The van der Waals surface area contributed by atoms with E-state index >= 15 is 0 Å². The molecule has 6 heteroatoms. The van der Waals surface area contributed by atoms with E-state index in [-0.39, 0.29) is 30.4 Å². The van der Waals surface area contributed by atoms with Crippen LogP contribution in [0.5, 0.6) is 5.75 Å². The number of carbonyl (C=O) groups excluding carboxylic acids is 2. The number of amides is 2. The lowest BCUT2D eigenvalue weighted by Crippen LogP contribution is -2.27. The fourth-order valence-electron chi connectivity index (χ4n) is 2.41. The van der Waals surface area contributed by atoms with Gasteiger partial charge in [0, 0.05) is 31.5 Å². The summed E-state index contributed by atoms with van der Waals surface area (Å²) >= 11 is 0. The van der Waals surface area contributed by atoms with Gasteiger partial charge in [-0.3, -0.25) is 9.59 Å². The van der Waals surface area contributed by atoms with E-state index in [4.69, 9.17) is 4.74 Å². The van der Waals surface area contributed by atoms with Crippen molar-refractivity contribution in [2.45, 2.75) is 26.2 Å². The van der Waals surface area contributed by atoms with Gasteiger partial charge in [0.15, 0.2) is 6.61 Å². The fourth-order valence-corrected chi connectivity index (χ4v) is 2.41. The van der Waals surface area contributed by atoms with Crippen LogP contribution in [-0.4, -0.2) is 44.0 Å². The molecule has 0 saturated carbocycles. The number of likely N-dealkylation sites (N-methyl/N-ethyl adjacent to an activating group) is 1. The summed E-state index contributed by atoms with van der Waals surface area (Å²) in [5.41, 5.74) is 2.80. The average Bonchev–Trinajstić information content (AvgIpc) is 2.64. The second-order valence-electron chi connectivity index (χ2n) is 7.83. The maximum atomic E-state index is 12.2. The monoisotopic (exact) mass is 383 g/mol. The Labute approximate surface area is 166 Å². The van der Waals surface area contributed by atoms with Crippen LogP contribution in [0.3, 0.4) is 0 Å². The zero-order chi connectivity index (χ0) is 20.7. The Bertz CT molecular complexity index is 809. The van der Waals surface area contributed by atoms with Gasteiger partial charge in [0.25, 0.3) is 5.91 Å². The zero-order valence-corrected chi connectivity index (χ0v) is 17.2. The third-order valence-electron chi connectivity index (χ3n) is 4.18. The highest BCUT2D eigenvalue weighted by Crippen LogP contribution is 2.23. The number of rotatable bonds is 7.